The summed E-state index contributed by atoms with van der Waals surface area (Å²) in [5, 5.41) is 23.0. The Bertz CT molecular complexity index is 662. The third-order valence-corrected chi connectivity index (χ3v) is 3.01. The molecule has 0 atom stereocenters. The number of nitrogens with zero attached hydrogens (tertiary/aromatic N) is 1. The van der Waals surface area contributed by atoms with Crippen LogP contribution in [0.25, 0.3) is 10.9 Å². The van der Waals surface area contributed by atoms with Crippen LogP contribution in [0.15, 0.2) is 16.9 Å². The number of phenols is 2. The van der Waals surface area contributed by atoms with Crippen LogP contribution < -0.4 is 5.56 Å². The molecule has 0 bridgehead atoms. The zero-order valence-electron chi connectivity index (χ0n) is 10.6. The van der Waals surface area contributed by atoms with Crippen molar-refractivity contribution in [3.8, 4) is 11.5 Å². The van der Waals surface area contributed by atoms with Gasteiger partial charge in [-0.3, -0.25) is 4.79 Å². The third-order valence-electron chi connectivity index (χ3n) is 3.01. The van der Waals surface area contributed by atoms with Crippen LogP contribution in [-0.2, 0) is 24.0 Å². The Labute approximate surface area is 114 Å². The summed E-state index contributed by atoms with van der Waals surface area (Å²) < 4.78 is 1.43. The molecule has 0 radical (unpaired) electrons. The van der Waals surface area contributed by atoms with Gasteiger partial charge in [-0.05, 0) is 19.4 Å². The van der Waals surface area contributed by atoms with Gasteiger partial charge in [-0.1, -0.05) is 0 Å². The SMILES string of the molecule is Cc1c(C)c2c(O)cc(O)cc2n(C)c1=O.[CH2]=[V]. The van der Waals surface area contributed by atoms with Crippen LogP contribution in [0.1, 0.15) is 11.1 Å². The molecule has 0 fully saturated rings. The molecule has 0 amide bonds. The topological polar surface area (TPSA) is 62.5 Å². The Morgan fingerprint density at radius 3 is 2.28 bits per heavy atom. The van der Waals surface area contributed by atoms with Crippen molar-refractivity contribution in [1.82, 2.24) is 4.57 Å². The first-order valence-corrected chi connectivity index (χ1v) is 6.25. The first-order valence-electron chi connectivity index (χ1n) is 5.27. The molecule has 0 aliphatic heterocycles. The number of benzene rings is 1. The van der Waals surface area contributed by atoms with Crippen molar-refractivity contribution in [3.63, 3.8) is 0 Å². The second kappa shape index (κ2) is 5.42. The zero-order chi connectivity index (χ0) is 14.0. The van der Waals surface area contributed by atoms with Crippen molar-refractivity contribution in [1.29, 1.82) is 0 Å². The van der Waals surface area contributed by atoms with E-state index < -0.39 is 0 Å². The van der Waals surface area contributed by atoms with Gasteiger partial charge >= 0.3 is 22.2 Å². The molecule has 0 unspecified atom stereocenters. The molecule has 1 heterocycles. The van der Waals surface area contributed by atoms with Gasteiger partial charge in [-0.15, -0.1) is 0 Å². The molecular formula is C13H15NO3V. The predicted octanol–water partition coefficient (Wildman–Crippen LogP) is 1.53. The van der Waals surface area contributed by atoms with Gasteiger partial charge in [-0.2, -0.15) is 0 Å². The summed E-state index contributed by atoms with van der Waals surface area (Å²) in [6.45, 7) is 3.51. The van der Waals surface area contributed by atoms with E-state index in [1.807, 2.05) is 0 Å². The normalized spacial score (nSPS) is 9.89. The Balaban J connectivity index is 0.000000771. The molecule has 2 N–H and O–H groups in total. The first kappa shape index (κ1) is 14.5. The average Bonchev–Trinajstić information content (AvgIpc) is 2.35. The Morgan fingerprint density at radius 1 is 1.17 bits per heavy atom. The summed E-state index contributed by atoms with van der Waals surface area (Å²) in [7, 11) is 1.62. The molecule has 2 aromatic rings. The molecule has 5 heteroatoms. The van der Waals surface area contributed by atoms with Gasteiger partial charge in [0.1, 0.15) is 11.5 Å². The van der Waals surface area contributed by atoms with Crippen LogP contribution >= 0.6 is 0 Å². The molecule has 1 aromatic heterocycles. The Kier molecular flexibility index (Phi) is 4.38. The predicted molar refractivity (Wildman–Crippen MR) is 69.1 cm³/mol. The van der Waals surface area contributed by atoms with Crippen LogP contribution in [0.3, 0.4) is 0 Å². The minimum absolute atomic E-state index is 0.00815. The Morgan fingerprint density at radius 2 is 1.72 bits per heavy atom. The first-order chi connectivity index (χ1) is 8.43. The average molecular weight is 284 g/mol. The van der Waals surface area contributed by atoms with Gasteiger partial charge in [-0.25, -0.2) is 0 Å². The van der Waals surface area contributed by atoms with E-state index in [9.17, 15) is 15.0 Å². The second-order valence-corrected chi connectivity index (χ2v) is 3.97. The molecule has 0 aliphatic rings. The van der Waals surface area contributed by atoms with E-state index in [4.69, 9.17) is 0 Å². The number of hydrogen-bond donors (Lipinski definition) is 2. The maximum atomic E-state index is 11.8. The fourth-order valence-corrected chi connectivity index (χ4v) is 1.95. The van der Waals surface area contributed by atoms with Crippen LogP contribution in [-0.4, -0.2) is 20.0 Å². The summed E-state index contributed by atoms with van der Waals surface area (Å²) in [5.41, 5.74) is 1.77. The number of aromatic nitrogens is 1. The molecule has 0 saturated heterocycles. The van der Waals surface area contributed by atoms with Crippen molar-refractivity contribution in [3.05, 3.63) is 33.6 Å². The number of rotatable bonds is 0. The third kappa shape index (κ3) is 2.21. The number of hydrogen-bond acceptors (Lipinski definition) is 3. The summed E-state index contributed by atoms with van der Waals surface area (Å²) in [6, 6.07) is 2.75. The summed E-state index contributed by atoms with van der Waals surface area (Å²) in [6.07, 6.45) is 0. The molecule has 2 rings (SSSR count). The molecule has 0 aliphatic carbocycles. The molecule has 4 nitrogen and oxygen atoms in total. The van der Waals surface area contributed by atoms with Crippen molar-refractivity contribution in [2.75, 3.05) is 0 Å². The number of fused-ring (bicyclic) bond motifs is 1. The quantitative estimate of drug-likeness (QED) is 0.771. The van der Waals surface area contributed by atoms with Crippen LogP contribution in [0.4, 0.5) is 0 Å². The molecule has 0 saturated carbocycles. The zero-order valence-corrected chi connectivity index (χ0v) is 12.0. The van der Waals surface area contributed by atoms with Crippen LogP contribution in [0.2, 0.25) is 0 Å². The van der Waals surface area contributed by atoms with Crippen molar-refractivity contribution < 1.29 is 27.2 Å². The van der Waals surface area contributed by atoms with E-state index in [1.54, 1.807) is 20.9 Å². The van der Waals surface area contributed by atoms with Crippen molar-refractivity contribution in [2.45, 2.75) is 13.8 Å². The van der Waals surface area contributed by atoms with E-state index in [2.05, 4.69) is 22.2 Å². The second-order valence-electron chi connectivity index (χ2n) is 3.97. The summed E-state index contributed by atoms with van der Waals surface area (Å²) >= 11 is 2.06. The standard InChI is InChI=1S/C12H13NO3.CH2.V/c1-6-7(2)12(16)13(3)9-4-8(14)5-10(15)11(6)9;;/h4-5,14-15H,1-3H3;1H2;. The van der Waals surface area contributed by atoms with E-state index in [-0.39, 0.29) is 17.1 Å². The van der Waals surface area contributed by atoms with E-state index in [0.29, 0.717) is 16.5 Å². The van der Waals surface area contributed by atoms with Gasteiger partial charge in [0, 0.05) is 30.1 Å². The molecule has 95 valence electrons. The van der Waals surface area contributed by atoms with Gasteiger partial charge < -0.3 is 14.8 Å². The van der Waals surface area contributed by atoms with Crippen LogP contribution in [0.5, 0.6) is 11.5 Å². The number of aromatic hydroxyl groups is 2. The van der Waals surface area contributed by atoms with Gasteiger partial charge in [0.2, 0.25) is 0 Å². The maximum absolute atomic E-state index is 11.8. The van der Waals surface area contributed by atoms with E-state index >= 15 is 0 Å². The molecule has 0 spiro atoms. The number of phenolic OH excluding ortho intramolecular Hbond substituents is 2. The molecular weight excluding hydrogens is 269 g/mol. The summed E-state index contributed by atoms with van der Waals surface area (Å²) in [5.74, 6) is -0.0607. The van der Waals surface area contributed by atoms with Gasteiger partial charge in [0.25, 0.3) is 5.56 Å². The van der Waals surface area contributed by atoms with E-state index in [1.165, 1.54) is 16.7 Å². The van der Waals surface area contributed by atoms with Crippen LogP contribution in [0, 0.1) is 13.8 Å². The summed E-state index contributed by atoms with van der Waals surface area (Å²) in [4.78, 5) is 11.8. The van der Waals surface area contributed by atoms with Crippen molar-refractivity contribution >= 4 is 16.1 Å². The van der Waals surface area contributed by atoms with Gasteiger partial charge in [0.15, 0.2) is 0 Å². The fraction of sp³-hybridized carbons (Fsp3) is 0.231. The number of pyridine rings is 1. The Hall–Kier alpha value is -1.52. The number of aryl methyl sites for hydroxylation is 2. The monoisotopic (exact) mass is 284 g/mol. The van der Waals surface area contributed by atoms with Gasteiger partial charge in [0.05, 0.1) is 5.52 Å². The molecule has 18 heavy (non-hydrogen) atoms. The van der Waals surface area contributed by atoms with Crippen molar-refractivity contribution in [2.24, 2.45) is 7.05 Å². The minimum atomic E-state index is -0.116. The molecule has 1 aromatic carbocycles. The van der Waals surface area contributed by atoms with E-state index in [0.717, 1.165) is 5.56 Å². The fourth-order valence-electron chi connectivity index (χ4n) is 1.95.